The van der Waals surface area contributed by atoms with E-state index in [2.05, 4.69) is 24.0 Å². The lowest BCUT2D eigenvalue weighted by atomic mass is 10.1. The highest BCUT2D eigenvalue weighted by molar-refractivity contribution is 7.99. The van der Waals surface area contributed by atoms with Crippen LogP contribution in [0.5, 0.6) is 0 Å². The van der Waals surface area contributed by atoms with Crippen LogP contribution >= 0.6 is 11.8 Å². The summed E-state index contributed by atoms with van der Waals surface area (Å²) < 4.78 is 5.12. The largest absolute Gasteiger partial charge is 0.384 e. The van der Waals surface area contributed by atoms with E-state index < -0.39 is 0 Å². The van der Waals surface area contributed by atoms with Gasteiger partial charge >= 0.3 is 0 Å². The van der Waals surface area contributed by atoms with Crippen molar-refractivity contribution < 1.29 is 4.74 Å². The monoisotopic (exact) mass is 231 g/mol. The number of rotatable bonds is 6. The van der Waals surface area contributed by atoms with Crippen molar-refractivity contribution >= 4 is 11.8 Å². The molecule has 3 heteroatoms. The maximum Gasteiger partial charge on any atom is 0.0553 e. The second-order valence-electron chi connectivity index (χ2n) is 4.20. The zero-order valence-corrected chi connectivity index (χ0v) is 10.9. The molecular formula is C12H25NOS. The number of ether oxygens (including phenoxy) is 1. The predicted octanol–water partition coefficient (Wildman–Crippen LogP) is 2.68. The Morgan fingerprint density at radius 2 is 2.07 bits per heavy atom. The first-order valence-electron chi connectivity index (χ1n) is 6.22. The quantitative estimate of drug-likeness (QED) is 0.561. The van der Waals surface area contributed by atoms with E-state index in [4.69, 9.17) is 4.74 Å². The summed E-state index contributed by atoms with van der Waals surface area (Å²) in [4.78, 5) is 0. The summed E-state index contributed by atoms with van der Waals surface area (Å²) in [5.74, 6) is 1.14. The molecule has 2 nitrogen and oxygen atoms in total. The molecule has 0 amide bonds. The van der Waals surface area contributed by atoms with Crippen LogP contribution in [-0.4, -0.2) is 37.3 Å². The van der Waals surface area contributed by atoms with Crippen molar-refractivity contribution in [2.24, 2.45) is 0 Å². The molecule has 1 saturated carbocycles. The molecule has 0 aromatic heterocycles. The molecule has 0 aliphatic heterocycles. The summed E-state index contributed by atoms with van der Waals surface area (Å²) in [6, 6.07) is 0.736. The first kappa shape index (κ1) is 13.3. The fourth-order valence-electron chi connectivity index (χ4n) is 2.25. The average Bonchev–Trinajstić information content (AvgIpc) is 2.45. The molecule has 0 bridgehead atoms. The lowest BCUT2D eigenvalue weighted by molar-refractivity contribution is 0.218. The summed E-state index contributed by atoms with van der Waals surface area (Å²) in [5.41, 5.74) is 0. The van der Waals surface area contributed by atoms with Crippen LogP contribution in [0, 0.1) is 0 Å². The molecule has 0 spiro atoms. The normalized spacial score (nSPS) is 27.6. The minimum Gasteiger partial charge on any atom is -0.384 e. The Hall–Kier alpha value is 0.270. The lowest BCUT2D eigenvalue weighted by Crippen LogP contribution is -2.37. The molecule has 0 aromatic carbocycles. The van der Waals surface area contributed by atoms with Gasteiger partial charge in [-0.3, -0.25) is 0 Å². The molecule has 90 valence electrons. The van der Waals surface area contributed by atoms with Crippen molar-refractivity contribution in [2.75, 3.05) is 26.0 Å². The van der Waals surface area contributed by atoms with E-state index in [0.717, 1.165) is 30.2 Å². The van der Waals surface area contributed by atoms with Gasteiger partial charge in [-0.05, 0) is 19.4 Å². The first-order chi connectivity index (χ1) is 7.38. The molecule has 0 heterocycles. The molecule has 0 saturated heterocycles. The summed E-state index contributed by atoms with van der Waals surface area (Å²) in [7, 11) is 1.79. The predicted molar refractivity (Wildman–Crippen MR) is 68.7 cm³/mol. The first-order valence-corrected chi connectivity index (χ1v) is 7.27. The second kappa shape index (κ2) is 8.43. The smallest absolute Gasteiger partial charge is 0.0553 e. The third-order valence-electron chi connectivity index (χ3n) is 3.04. The van der Waals surface area contributed by atoms with Crippen molar-refractivity contribution in [3.8, 4) is 0 Å². The van der Waals surface area contributed by atoms with Crippen LogP contribution in [-0.2, 0) is 4.74 Å². The van der Waals surface area contributed by atoms with Gasteiger partial charge in [0.1, 0.15) is 0 Å². The molecule has 1 aliphatic rings. The number of hydrogen-bond acceptors (Lipinski definition) is 3. The van der Waals surface area contributed by atoms with E-state index in [1.165, 1.54) is 32.1 Å². The van der Waals surface area contributed by atoms with Crippen molar-refractivity contribution in [2.45, 2.75) is 50.3 Å². The Labute approximate surface area is 98.5 Å². The van der Waals surface area contributed by atoms with E-state index >= 15 is 0 Å². The van der Waals surface area contributed by atoms with Gasteiger partial charge in [-0.15, -0.1) is 0 Å². The average molecular weight is 231 g/mol. The summed E-state index contributed by atoms with van der Waals surface area (Å²) in [6.07, 6.45) is 6.97. The van der Waals surface area contributed by atoms with Crippen LogP contribution in [0.4, 0.5) is 0 Å². The van der Waals surface area contributed by atoms with Crippen LogP contribution in [0.25, 0.3) is 0 Å². The van der Waals surface area contributed by atoms with Crippen LogP contribution < -0.4 is 5.32 Å². The molecule has 15 heavy (non-hydrogen) atoms. The highest BCUT2D eigenvalue weighted by Crippen LogP contribution is 2.27. The second-order valence-corrected chi connectivity index (χ2v) is 5.55. The van der Waals surface area contributed by atoms with Gasteiger partial charge in [-0.2, -0.15) is 11.8 Å². The van der Waals surface area contributed by atoms with E-state index in [0.29, 0.717) is 0 Å². The third kappa shape index (κ3) is 5.23. The lowest BCUT2D eigenvalue weighted by Gasteiger charge is -2.25. The van der Waals surface area contributed by atoms with Crippen LogP contribution in [0.1, 0.15) is 39.0 Å². The van der Waals surface area contributed by atoms with Gasteiger partial charge in [0.15, 0.2) is 0 Å². The standard InChI is InChI=1S/C12H25NOS/c1-3-13-11-7-5-4-6-8-12(11)15-10-9-14-2/h11-13H,3-10H2,1-2H3. The maximum atomic E-state index is 5.12. The van der Waals surface area contributed by atoms with Crippen molar-refractivity contribution in [1.82, 2.24) is 5.32 Å². The maximum absolute atomic E-state index is 5.12. The number of nitrogens with one attached hydrogen (secondary N) is 1. The highest BCUT2D eigenvalue weighted by Gasteiger charge is 2.22. The summed E-state index contributed by atoms with van der Waals surface area (Å²) >= 11 is 2.10. The zero-order valence-electron chi connectivity index (χ0n) is 10.1. The summed E-state index contributed by atoms with van der Waals surface area (Å²) in [5, 5.41) is 4.45. The molecular weight excluding hydrogens is 206 g/mol. The van der Waals surface area contributed by atoms with Gasteiger partial charge in [-0.25, -0.2) is 0 Å². The van der Waals surface area contributed by atoms with Gasteiger partial charge < -0.3 is 10.1 Å². The number of hydrogen-bond donors (Lipinski definition) is 1. The Bertz CT molecular complexity index is 155. The van der Waals surface area contributed by atoms with Gasteiger partial charge in [0.2, 0.25) is 0 Å². The van der Waals surface area contributed by atoms with Gasteiger partial charge in [-0.1, -0.05) is 26.2 Å². The molecule has 1 aliphatic carbocycles. The van der Waals surface area contributed by atoms with E-state index in [1.807, 2.05) is 0 Å². The molecule has 0 radical (unpaired) electrons. The summed E-state index contributed by atoms with van der Waals surface area (Å²) in [6.45, 7) is 4.20. The Kier molecular flexibility index (Phi) is 7.49. The Balaban J connectivity index is 2.32. The zero-order chi connectivity index (χ0) is 10.9. The fourth-order valence-corrected chi connectivity index (χ4v) is 3.62. The van der Waals surface area contributed by atoms with Crippen LogP contribution in [0.2, 0.25) is 0 Å². The molecule has 0 aromatic rings. The SMILES string of the molecule is CCNC1CCCCCC1SCCOC. The molecule has 1 N–H and O–H groups in total. The molecule has 2 unspecified atom stereocenters. The fraction of sp³-hybridized carbons (Fsp3) is 1.00. The van der Waals surface area contributed by atoms with Gasteiger partial charge in [0.25, 0.3) is 0 Å². The molecule has 1 rings (SSSR count). The highest BCUT2D eigenvalue weighted by atomic mass is 32.2. The van der Waals surface area contributed by atoms with Crippen molar-refractivity contribution in [3.63, 3.8) is 0 Å². The minimum absolute atomic E-state index is 0.736. The Morgan fingerprint density at radius 3 is 2.80 bits per heavy atom. The van der Waals surface area contributed by atoms with E-state index in [-0.39, 0.29) is 0 Å². The number of methoxy groups -OCH3 is 1. The molecule has 2 atom stereocenters. The third-order valence-corrected chi connectivity index (χ3v) is 4.43. The number of thioether (sulfide) groups is 1. The van der Waals surface area contributed by atoms with Gasteiger partial charge in [0.05, 0.1) is 6.61 Å². The minimum atomic E-state index is 0.736. The van der Waals surface area contributed by atoms with E-state index in [1.54, 1.807) is 7.11 Å². The molecule has 1 fully saturated rings. The van der Waals surface area contributed by atoms with Crippen LogP contribution in [0.3, 0.4) is 0 Å². The van der Waals surface area contributed by atoms with Crippen molar-refractivity contribution in [1.29, 1.82) is 0 Å². The van der Waals surface area contributed by atoms with Crippen molar-refractivity contribution in [3.05, 3.63) is 0 Å². The topological polar surface area (TPSA) is 21.3 Å². The Morgan fingerprint density at radius 1 is 1.27 bits per heavy atom. The van der Waals surface area contributed by atoms with E-state index in [9.17, 15) is 0 Å². The van der Waals surface area contributed by atoms with Crippen LogP contribution in [0.15, 0.2) is 0 Å². The van der Waals surface area contributed by atoms with Gasteiger partial charge in [0, 0.05) is 24.2 Å².